The zero-order valence-corrected chi connectivity index (χ0v) is 18.2. The summed E-state index contributed by atoms with van der Waals surface area (Å²) in [4.78, 5) is 14.9. The molecule has 1 aliphatic carbocycles. The van der Waals surface area contributed by atoms with Gasteiger partial charge in [-0.1, -0.05) is 54.1 Å². The van der Waals surface area contributed by atoms with Gasteiger partial charge in [-0.2, -0.15) is 0 Å². The van der Waals surface area contributed by atoms with E-state index in [9.17, 15) is 4.79 Å². The zero-order valence-electron chi connectivity index (χ0n) is 17.4. The van der Waals surface area contributed by atoms with Crippen molar-refractivity contribution in [2.24, 2.45) is 5.92 Å². The lowest BCUT2D eigenvalue weighted by Gasteiger charge is -2.38. The first-order valence-corrected chi connectivity index (χ1v) is 11.5. The second-order valence-electron chi connectivity index (χ2n) is 8.62. The third kappa shape index (κ3) is 5.77. The number of hydrogen-bond acceptors (Lipinski definition) is 3. The van der Waals surface area contributed by atoms with Gasteiger partial charge in [0, 0.05) is 17.1 Å². The fraction of sp³-hybridized carbons (Fsp3) is 0.480. The molecule has 0 unspecified atom stereocenters. The molecule has 1 saturated carbocycles. The van der Waals surface area contributed by atoms with Gasteiger partial charge in [-0.15, -0.1) is 0 Å². The number of nitrogens with zero attached hydrogens (tertiary/aromatic N) is 1. The second-order valence-corrected chi connectivity index (χ2v) is 9.06. The predicted molar refractivity (Wildman–Crippen MR) is 121 cm³/mol. The van der Waals surface area contributed by atoms with Gasteiger partial charge in [0.15, 0.2) is 0 Å². The van der Waals surface area contributed by atoms with E-state index >= 15 is 0 Å². The molecule has 1 heterocycles. The summed E-state index contributed by atoms with van der Waals surface area (Å²) in [6.07, 6.45) is 6.62. The van der Waals surface area contributed by atoms with Crippen LogP contribution in [0.5, 0.6) is 0 Å². The Hall–Kier alpha value is -2.04. The molecule has 4 nitrogen and oxygen atoms in total. The van der Waals surface area contributed by atoms with Crippen LogP contribution in [0.4, 0.5) is 4.79 Å². The first-order valence-electron chi connectivity index (χ1n) is 11.1. The average molecular weight is 427 g/mol. The van der Waals surface area contributed by atoms with Crippen molar-refractivity contribution >= 4 is 17.7 Å². The molecule has 2 atom stereocenters. The standard InChI is InChI=1S/C25H31ClN2O2/c26-22-11-9-19(10-12-22)17-20-13-15-28(16-14-20)24-8-4-7-23(24)27-25(29)30-18-21-5-2-1-3-6-21/h1-3,5-6,9-12,20,23-24H,4,7-8,13-18H2,(H,27,29)/t23-,24-/m1/s1. The van der Waals surface area contributed by atoms with Gasteiger partial charge in [0.2, 0.25) is 0 Å². The first kappa shape index (κ1) is 21.2. The summed E-state index contributed by atoms with van der Waals surface area (Å²) in [7, 11) is 0. The Bertz CT molecular complexity index is 804. The number of amides is 1. The summed E-state index contributed by atoms with van der Waals surface area (Å²) in [5.41, 5.74) is 2.39. The number of nitrogens with one attached hydrogen (secondary N) is 1. The van der Waals surface area contributed by atoms with E-state index in [0.717, 1.165) is 48.9 Å². The Morgan fingerprint density at radius 2 is 1.70 bits per heavy atom. The number of halogens is 1. The van der Waals surface area contributed by atoms with Gasteiger partial charge in [0.25, 0.3) is 0 Å². The fourth-order valence-corrected chi connectivity index (χ4v) is 5.03. The number of benzene rings is 2. The van der Waals surface area contributed by atoms with Gasteiger partial charge in [0.1, 0.15) is 6.61 Å². The maximum Gasteiger partial charge on any atom is 0.407 e. The SMILES string of the molecule is O=C(N[C@@H]1CCC[C@H]1N1CCC(Cc2ccc(Cl)cc2)CC1)OCc1ccccc1. The van der Waals surface area contributed by atoms with Crippen LogP contribution < -0.4 is 5.32 Å². The van der Waals surface area contributed by atoms with E-state index in [-0.39, 0.29) is 12.1 Å². The Morgan fingerprint density at radius 3 is 2.43 bits per heavy atom. The summed E-state index contributed by atoms with van der Waals surface area (Å²) in [5.74, 6) is 0.728. The fourth-order valence-electron chi connectivity index (χ4n) is 4.90. The Morgan fingerprint density at radius 1 is 0.967 bits per heavy atom. The van der Waals surface area contributed by atoms with Crippen LogP contribution in [0.15, 0.2) is 54.6 Å². The van der Waals surface area contributed by atoms with E-state index in [1.807, 2.05) is 42.5 Å². The minimum absolute atomic E-state index is 0.195. The normalized spacial score (nSPS) is 22.7. The smallest absolute Gasteiger partial charge is 0.407 e. The molecule has 5 heteroatoms. The first-order chi connectivity index (χ1) is 14.7. The molecule has 0 radical (unpaired) electrons. The summed E-state index contributed by atoms with van der Waals surface area (Å²) in [6.45, 7) is 2.54. The maximum atomic E-state index is 12.3. The van der Waals surface area contributed by atoms with Gasteiger partial charge >= 0.3 is 6.09 Å². The summed E-state index contributed by atoms with van der Waals surface area (Å²) in [5, 5.41) is 3.94. The molecule has 2 fully saturated rings. The van der Waals surface area contributed by atoms with Crippen LogP contribution in [0.1, 0.15) is 43.2 Å². The molecule has 1 amide bonds. The lowest BCUT2D eigenvalue weighted by atomic mass is 9.89. The number of hydrogen-bond donors (Lipinski definition) is 1. The number of carbonyl (C=O) groups excluding carboxylic acids is 1. The molecule has 160 valence electrons. The summed E-state index contributed by atoms with van der Waals surface area (Å²) < 4.78 is 5.44. The Balaban J connectivity index is 1.23. The van der Waals surface area contributed by atoms with Crippen molar-refractivity contribution in [3.63, 3.8) is 0 Å². The molecule has 0 spiro atoms. The van der Waals surface area contributed by atoms with Crippen LogP contribution >= 0.6 is 11.6 Å². The number of rotatable bonds is 6. The van der Waals surface area contributed by atoms with Crippen molar-refractivity contribution in [2.75, 3.05) is 13.1 Å². The Kier molecular flexibility index (Phi) is 7.29. The minimum Gasteiger partial charge on any atom is -0.445 e. The van der Waals surface area contributed by atoms with E-state index in [1.54, 1.807) is 0 Å². The summed E-state index contributed by atoms with van der Waals surface area (Å²) in [6, 6.07) is 18.7. The van der Waals surface area contributed by atoms with Gasteiger partial charge in [0.05, 0.1) is 0 Å². The van der Waals surface area contributed by atoms with Crippen molar-refractivity contribution in [1.29, 1.82) is 0 Å². The van der Waals surface area contributed by atoms with E-state index in [2.05, 4.69) is 22.3 Å². The third-order valence-electron chi connectivity index (χ3n) is 6.55. The van der Waals surface area contributed by atoms with E-state index in [0.29, 0.717) is 12.6 Å². The third-order valence-corrected chi connectivity index (χ3v) is 6.80. The van der Waals surface area contributed by atoms with Crippen molar-refractivity contribution < 1.29 is 9.53 Å². The molecule has 1 saturated heterocycles. The highest BCUT2D eigenvalue weighted by atomic mass is 35.5. The molecule has 4 rings (SSSR count). The van der Waals surface area contributed by atoms with Crippen molar-refractivity contribution in [2.45, 2.75) is 57.2 Å². The highest BCUT2D eigenvalue weighted by Crippen LogP contribution is 2.30. The van der Waals surface area contributed by atoms with Crippen LogP contribution in [0.2, 0.25) is 5.02 Å². The molecular formula is C25H31ClN2O2. The number of alkyl carbamates (subject to hydrolysis) is 1. The van der Waals surface area contributed by atoms with E-state index < -0.39 is 0 Å². The molecule has 1 aliphatic heterocycles. The van der Waals surface area contributed by atoms with Gasteiger partial charge in [-0.05, 0) is 80.8 Å². The molecule has 2 aromatic carbocycles. The van der Waals surface area contributed by atoms with E-state index in [1.165, 1.54) is 24.8 Å². The Labute approximate surface area is 184 Å². The monoisotopic (exact) mass is 426 g/mol. The largest absolute Gasteiger partial charge is 0.445 e. The molecule has 2 aliphatic rings. The highest BCUT2D eigenvalue weighted by molar-refractivity contribution is 6.30. The van der Waals surface area contributed by atoms with Crippen LogP contribution in [-0.4, -0.2) is 36.2 Å². The zero-order chi connectivity index (χ0) is 20.8. The van der Waals surface area contributed by atoms with Gasteiger partial charge in [-0.3, -0.25) is 4.90 Å². The maximum absolute atomic E-state index is 12.3. The lowest BCUT2D eigenvalue weighted by molar-refractivity contribution is 0.104. The number of piperidine rings is 1. The quantitative estimate of drug-likeness (QED) is 0.668. The number of ether oxygens (including phenoxy) is 1. The summed E-state index contributed by atoms with van der Waals surface area (Å²) >= 11 is 6.00. The van der Waals surface area contributed by atoms with E-state index in [4.69, 9.17) is 16.3 Å². The topological polar surface area (TPSA) is 41.6 Å². The lowest BCUT2D eigenvalue weighted by Crippen LogP contribution is -2.51. The molecule has 2 aromatic rings. The number of likely N-dealkylation sites (tertiary alicyclic amines) is 1. The van der Waals surface area contributed by atoms with Crippen molar-refractivity contribution in [3.8, 4) is 0 Å². The molecule has 30 heavy (non-hydrogen) atoms. The minimum atomic E-state index is -0.298. The predicted octanol–water partition coefficient (Wildman–Crippen LogP) is 5.44. The van der Waals surface area contributed by atoms with Crippen LogP contribution in [-0.2, 0) is 17.8 Å². The van der Waals surface area contributed by atoms with Gasteiger partial charge in [-0.25, -0.2) is 4.79 Å². The average Bonchev–Trinajstić information content (AvgIpc) is 3.23. The van der Waals surface area contributed by atoms with Crippen LogP contribution in [0.25, 0.3) is 0 Å². The van der Waals surface area contributed by atoms with Gasteiger partial charge < -0.3 is 10.1 Å². The van der Waals surface area contributed by atoms with Crippen molar-refractivity contribution in [3.05, 3.63) is 70.7 Å². The molecular weight excluding hydrogens is 396 g/mol. The van der Waals surface area contributed by atoms with Crippen molar-refractivity contribution in [1.82, 2.24) is 10.2 Å². The number of carbonyl (C=O) groups is 1. The van der Waals surface area contributed by atoms with Crippen LogP contribution in [0.3, 0.4) is 0 Å². The molecule has 0 bridgehead atoms. The molecule has 1 N–H and O–H groups in total. The van der Waals surface area contributed by atoms with Crippen LogP contribution in [0, 0.1) is 5.92 Å². The second kappa shape index (κ2) is 10.3. The highest BCUT2D eigenvalue weighted by Gasteiger charge is 2.35. The molecule has 0 aromatic heterocycles.